The van der Waals surface area contributed by atoms with Gasteiger partial charge in [-0.1, -0.05) is 0 Å². The second-order valence-corrected chi connectivity index (χ2v) is 3.56. The van der Waals surface area contributed by atoms with Gasteiger partial charge in [0.2, 0.25) is 0 Å². The standard InChI is InChI=1S/C8H12O3/c9-7(10)6-1-4-11-8(5-6)2-3-8/h6H,1-5H2,(H,9,10). The van der Waals surface area contributed by atoms with Crippen molar-refractivity contribution in [3.8, 4) is 0 Å². The van der Waals surface area contributed by atoms with Crippen LogP contribution in [0.4, 0.5) is 0 Å². The van der Waals surface area contributed by atoms with Crippen LogP contribution in [0.25, 0.3) is 0 Å². The normalized spacial score (nSPS) is 33.6. The summed E-state index contributed by atoms with van der Waals surface area (Å²) < 4.78 is 5.49. The van der Waals surface area contributed by atoms with E-state index in [1.54, 1.807) is 0 Å². The summed E-state index contributed by atoms with van der Waals surface area (Å²) in [4.78, 5) is 10.6. The zero-order chi connectivity index (χ0) is 7.90. The largest absolute Gasteiger partial charge is 0.481 e. The van der Waals surface area contributed by atoms with E-state index in [9.17, 15) is 4.79 Å². The van der Waals surface area contributed by atoms with Crippen LogP contribution in [0.5, 0.6) is 0 Å². The van der Waals surface area contributed by atoms with Crippen LogP contribution < -0.4 is 0 Å². The highest BCUT2D eigenvalue weighted by Crippen LogP contribution is 2.47. The summed E-state index contributed by atoms with van der Waals surface area (Å²) in [5.41, 5.74) is 0.00130. The quantitative estimate of drug-likeness (QED) is 0.616. The minimum Gasteiger partial charge on any atom is -0.481 e. The Kier molecular flexibility index (Phi) is 1.42. The van der Waals surface area contributed by atoms with Crippen molar-refractivity contribution in [1.82, 2.24) is 0 Å². The Balaban J connectivity index is 1.98. The van der Waals surface area contributed by atoms with Crippen molar-refractivity contribution in [2.75, 3.05) is 6.61 Å². The Morgan fingerprint density at radius 3 is 2.82 bits per heavy atom. The summed E-state index contributed by atoms with van der Waals surface area (Å²) in [6.45, 7) is 0.636. The minimum absolute atomic E-state index is 0.00130. The molecule has 1 unspecified atom stereocenters. The van der Waals surface area contributed by atoms with Crippen molar-refractivity contribution >= 4 is 5.97 Å². The lowest BCUT2D eigenvalue weighted by molar-refractivity contribution is -0.148. The number of carboxylic acids is 1. The fourth-order valence-corrected chi connectivity index (χ4v) is 1.73. The molecule has 62 valence electrons. The highest BCUT2D eigenvalue weighted by Gasteiger charge is 2.49. The van der Waals surface area contributed by atoms with E-state index < -0.39 is 5.97 Å². The van der Waals surface area contributed by atoms with Gasteiger partial charge in [-0.25, -0.2) is 0 Å². The van der Waals surface area contributed by atoms with Gasteiger partial charge in [0.25, 0.3) is 0 Å². The van der Waals surface area contributed by atoms with Gasteiger partial charge >= 0.3 is 5.97 Å². The van der Waals surface area contributed by atoms with Gasteiger partial charge in [-0.2, -0.15) is 0 Å². The van der Waals surface area contributed by atoms with Crippen molar-refractivity contribution < 1.29 is 14.6 Å². The van der Waals surface area contributed by atoms with Gasteiger partial charge in [0, 0.05) is 6.61 Å². The highest BCUT2D eigenvalue weighted by atomic mass is 16.5. The Morgan fingerprint density at radius 2 is 2.27 bits per heavy atom. The molecule has 1 N–H and O–H groups in total. The van der Waals surface area contributed by atoms with Gasteiger partial charge in [0.1, 0.15) is 0 Å². The van der Waals surface area contributed by atoms with E-state index in [0.29, 0.717) is 13.0 Å². The summed E-state index contributed by atoms with van der Waals surface area (Å²) in [6.07, 6.45) is 3.56. The number of carboxylic acid groups (broad SMARTS) is 1. The summed E-state index contributed by atoms with van der Waals surface area (Å²) in [7, 11) is 0. The molecular formula is C8H12O3. The second-order valence-electron chi connectivity index (χ2n) is 3.56. The maximum Gasteiger partial charge on any atom is 0.306 e. The van der Waals surface area contributed by atoms with E-state index in [0.717, 1.165) is 19.3 Å². The number of hydrogen-bond acceptors (Lipinski definition) is 2. The van der Waals surface area contributed by atoms with Gasteiger partial charge in [-0.15, -0.1) is 0 Å². The van der Waals surface area contributed by atoms with Crippen LogP contribution in [-0.2, 0) is 9.53 Å². The van der Waals surface area contributed by atoms with E-state index in [1.807, 2.05) is 0 Å². The lowest BCUT2D eigenvalue weighted by Gasteiger charge is -2.26. The van der Waals surface area contributed by atoms with E-state index in [4.69, 9.17) is 9.84 Å². The van der Waals surface area contributed by atoms with Crippen LogP contribution in [0.3, 0.4) is 0 Å². The van der Waals surface area contributed by atoms with E-state index in [2.05, 4.69) is 0 Å². The van der Waals surface area contributed by atoms with Crippen LogP contribution in [-0.4, -0.2) is 23.3 Å². The lowest BCUT2D eigenvalue weighted by atomic mass is 9.94. The van der Waals surface area contributed by atoms with Crippen LogP contribution in [0.1, 0.15) is 25.7 Å². The van der Waals surface area contributed by atoms with Gasteiger partial charge in [-0.3, -0.25) is 4.79 Å². The summed E-state index contributed by atoms with van der Waals surface area (Å²) in [5, 5.41) is 8.74. The molecule has 2 aliphatic rings. The molecule has 1 aliphatic heterocycles. The monoisotopic (exact) mass is 156 g/mol. The van der Waals surface area contributed by atoms with Crippen molar-refractivity contribution in [3.05, 3.63) is 0 Å². The van der Waals surface area contributed by atoms with Crippen LogP contribution in [0, 0.1) is 5.92 Å². The number of hydrogen-bond donors (Lipinski definition) is 1. The number of rotatable bonds is 1. The smallest absolute Gasteiger partial charge is 0.306 e. The molecule has 0 aromatic carbocycles. The predicted molar refractivity (Wildman–Crippen MR) is 38.3 cm³/mol. The first kappa shape index (κ1) is 7.10. The van der Waals surface area contributed by atoms with Crippen molar-refractivity contribution in [1.29, 1.82) is 0 Å². The SMILES string of the molecule is O=C(O)C1CCOC2(CC2)C1. The minimum atomic E-state index is -0.653. The molecule has 1 saturated heterocycles. The average Bonchev–Trinajstić information content (AvgIpc) is 2.69. The Bertz CT molecular complexity index is 184. The molecule has 2 rings (SSSR count). The third-order valence-electron chi connectivity index (χ3n) is 2.65. The summed E-state index contributed by atoms with van der Waals surface area (Å²) >= 11 is 0. The summed E-state index contributed by atoms with van der Waals surface area (Å²) in [6, 6.07) is 0. The highest BCUT2D eigenvalue weighted by molar-refractivity contribution is 5.70. The van der Waals surface area contributed by atoms with Gasteiger partial charge in [0.05, 0.1) is 11.5 Å². The second kappa shape index (κ2) is 2.21. The zero-order valence-corrected chi connectivity index (χ0v) is 6.38. The maximum atomic E-state index is 10.6. The third-order valence-corrected chi connectivity index (χ3v) is 2.65. The number of ether oxygens (including phenoxy) is 1. The van der Waals surface area contributed by atoms with E-state index in [-0.39, 0.29) is 11.5 Å². The van der Waals surface area contributed by atoms with Gasteiger partial charge in [-0.05, 0) is 25.7 Å². The summed E-state index contributed by atoms with van der Waals surface area (Å²) in [5.74, 6) is -0.800. The van der Waals surface area contributed by atoms with Crippen molar-refractivity contribution in [2.24, 2.45) is 5.92 Å². The molecule has 3 nitrogen and oxygen atoms in total. The predicted octanol–water partition coefficient (Wildman–Crippen LogP) is 1.03. The first-order valence-corrected chi connectivity index (χ1v) is 4.09. The van der Waals surface area contributed by atoms with Crippen LogP contribution >= 0.6 is 0 Å². The topological polar surface area (TPSA) is 46.5 Å². The van der Waals surface area contributed by atoms with Crippen LogP contribution in [0.15, 0.2) is 0 Å². The third kappa shape index (κ3) is 1.25. The molecular weight excluding hydrogens is 144 g/mol. The molecule has 1 spiro atoms. The van der Waals surface area contributed by atoms with Gasteiger partial charge in [0.15, 0.2) is 0 Å². The van der Waals surface area contributed by atoms with Crippen molar-refractivity contribution in [2.45, 2.75) is 31.3 Å². The fraction of sp³-hybridized carbons (Fsp3) is 0.875. The molecule has 0 radical (unpaired) electrons. The van der Waals surface area contributed by atoms with E-state index >= 15 is 0 Å². The molecule has 0 bridgehead atoms. The number of aliphatic carboxylic acids is 1. The molecule has 1 saturated carbocycles. The number of carbonyl (C=O) groups is 1. The molecule has 0 aromatic heterocycles. The zero-order valence-electron chi connectivity index (χ0n) is 6.38. The molecule has 1 atom stereocenters. The Labute approximate surface area is 65.4 Å². The fourth-order valence-electron chi connectivity index (χ4n) is 1.73. The Hall–Kier alpha value is -0.570. The van der Waals surface area contributed by atoms with E-state index in [1.165, 1.54) is 0 Å². The molecule has 1 heterocycles. The first-order valence-electron chi connectivity index (χ1n) is 4.09. The maximum absolute atomic E-state index is 10.6. The van der Waals surface area contributed by atoms with Crippen molar-refractivity contribution in [3.63, 3.8) is 0 Å². The lowest BCUT2D eigenvalue weighted by Crippen LogP contribution is -2.31. The molecule has 1 aliphatic carbocycles. The molecule has 0 amide bonds. The van der Waals surface area contributed by atoms with Gasteiger partial charge < -0.3 is 9.84 Å². The Morgan fingerprint density at radius 1 is 1.55 bits per heavy atom. The first-order chi connectivity index (χ1) is 5.22. The molecule has 3 heteroatoms. The average molecular weight is 156 g/mol. The molecule has 2 fully saturated rings. The van der Waals surface area contributed by atoms with Crippen LogP contribution in [0.2, 0.25) is 0 Å². The molecule has 11 heavy (non-hydrogen) atoms. The molecule has 0 aromatic rings.